The van der Waals surface area contributed by atoms with Crippen LogP contribution >= 0.6 is 0 Å². The number of carbonyl (C=O) groups is 1. The van der Waals surface area contributed by atoms with Crippen LogP contribution in [-0.2, 0) is 14.8 Å². The van der Waals surface area contributed by atoms with E-state index in [1.165, 1.54) is 20.1 Å². The van der Waals surface area contributed by atoms with Crippen LogP contribution in [0.2, 0.25) is 0 Å². The summed E-state index contributed by atoms with van der Waals surface area (Å²) < 4.78 is 31.5. The van der Waals surface area contributed by atoms with E-state index in [2.05, 4.69) is 4.72 Å². The SMILES string of the molecule is COc1ccc(C)cc1S(=O)(=O)NCC(C)C(=O)O. The van der Waals surface area contributed by atoms with Gasteiger partial charge in [0.05, 0.1) is 13.0 Å². The van der Waals surface area contributed by atoms with Crippen molar-refractivity contribution >= 4 is 16.0 Å². The van der Waals surface area contributed by atoms with Crippen molar-refractivity contribution in [2.24, 2.45) is 5.92 Å². The molecule has 0 aliphatic carbocycles. The van der Waals surface area contributed by atoms with Gasteiger partial charge in [0.25, 0.3) is 0 Å². The first kappa shape index (κ1) is 15.5. The van der Waals surface area contributed by atoms with Gasteiger partial charge in [0.15, 0.2) is 0 Å². The van der Waals surface area contributed by atoms with Crippen molar-refractivity contribution in [1.29, 1.82) is 0 Å². The average Bonchev–Trinajstić information content (AvgIpc) is 2.35. The molecule has 1 atom stereocenters. The van der Waals surface area contributed by atoms with E-state index in [1.54, 1.807) is 19.1 Å². The third-order valence-electron chi connectivity index (χ3n) is 2.61. The minimum atomic E-state index is -3.79. The van der Waals surface area contributed by atoms with E-state index < -0.39 is 21.9 Å². The largest absolute Gasteiger partial charge is 0.495 e. The van der Waals surface area contributed by atoms with Gasteiger partial charge in [0.2, 0.25) is 10.0 Å². The van der Waals surface area contributed by atoms with Crippen LogP contribution in [0.1, 0.15) is 12.5 Å². The number of aliphatic carboxylic acids is 1. The maximum absolute atomic E-state index is 12.1. The molecule has 0 aliphatic heterocycles. The summed E-state index contributed by atoms with van der Waals surface area (Å²) in [4.78, 5) is 10.7. The van der Waals surface area contributed by atoms with E-state index in [-0.39, 0.29) is 17.2 Å². The molecular weight excluding hydrogens is 270 g/mol. The van der Waals surface area contributed by atoms with E-state index >= 15 is 0 Å². The van der Waals surface area contributed by atoms with Gasteiger partial charge in [-0.25, -0.2) is 13.1 Å². The summed E-state index contributed by atoms with van der Waals surface area (Å²) in [5, 5.41) is 8.73. The highest BCUT2D eigenvalue weighted by Gasteiger charge is 2.21. The maximum atomic E-state index is 12.1. The van der Waals surface area contributed by atoms with Crippen LogP contribution < -0.4 is 9.46 Å². The zero-order chi connectivity index (χ0) is 14.6. The predicted molar refractivity (Wildman–Crippen MR) is 69.7 cm³/mol. The number of aryl methyl sites for hydroxylation is 1. The minimum Gasteiger partial charge on any atom is -0.495 e. The Hall–Kier alpha value is -1.60. The summed E-state index contributed by atoms with van der Waals surface area (Å²) in [6.45, 7) is 3.02. The molecule has 1 aromatic rings. The molecule has 0 aromatic heterocycles. The lowest BCUT2D eigenvalue weighted by Gasteiger charge is -2.12. The van der Waals surface area contributed by atoms with Crippen LogP contribution in [0.15, 0.2) is 23.1 Å². The lowest BCUT2D eigenvalue weighted by Crippen LogP contribution is -2.31. The number of benzene rings is 1. The molecule has 0 spiro atoms. The number of methoxy groups -OCH3 is 1. The van der Waals surface area contributed by atoms with Gasteiger partial charge < -0.3 is 9.84 Å². The molecule has 0 heterocycles. The van der Waals surface area contributed by atoms with Gasteiger partial charge in [-0.05, 0) is 24.6 Å². The van der Waals surface area contributed by atoms with E-state index in [0.29, 0.717) is 0 Å². The van der Waals surface area contributed by atoms with E-state index in [0.717, 1.165) is 5.56 Å². The second kappa shape index (κ2) is 6.03. The van der Waals surface area contributed by atoms with Crippen molar-refractivity contribution in [3.05, 3.63) is 23.8 Å². The van der Waals surface area contributed by atoms with Gasteiger partial charge in [-0.2, -0.15) is 0 Å². The van der Waals surface area contributed by atoms with Crippen molar-refractivity contribution < 1.29 is 23.1 Å². The molecular formula is C12H17NO5S. The number of nitrogens with one attached hydrogen (secondary N) is 1. The molecule has 7 heteroatoms. The fraction of sp³-hybridized carbons (Fsp3) is 0.417. The fourth-order valence-electron chi connectivity index (χ4n) is 1.39. The Morgan fingerprint density at radius 2 is 2.11 bits per heavy atom. The second-order valence-corrected chi connectivity index (χ2v) is 5.98. The lowest BCUT2D eigenvalue weighted by atomic mass is 10.2. The summed E-state index contributed by atoms with van der Waals surface area (Å²) in [5.74, 6) is -1.63. The molecule has 0 saturated carbocycles. The number of sulfonamides is 1. The zero-order valence-electron chi connectivity index (χ0n) is 11.0. The number of hydrogen-bond donors (Lipinski definition) is 2. The molecule has 1 aromatic carbocycles. The molecule has 0 fully saturated rings. The molecule has 0 saturated heterocycles. The first-order chi connectivity index (χ1) is 8.77. The Balaban J connectivity index is 3.00. The molecule has 0 bridgehead atoms. The third-order valence-corrected chi connectivity index (χ3v) is 4.05. The van der Waals surface area contributed by atoms with Crippen molar-refractivity contribution in [3.63, 3.8) is 0 Å². The topological polar surface area (TPSA) is 92.7 Å². The van der Waals surface area contributed by atoms with Crippen LogP contribution in [0.5, 0.6) is 5.75 Å². The Bertz CT molecular complexity index is 567. The highest BCUT2D eigenvalue weighted by molar-refractivity contribution is 7.89. The van der Waals surface area contributed by atoms with E-state index in [9.17, 15) is 13.2 Å². The lowest BCUT2D eigenvalue weighted by molar-refractivity contribution is -0.140. The van der Waals surface area contributed by atoms with Gasteiger partial charge in [0.1, 0.15) is 10.6 Å². The van der Waals surface area contributed by atoms with Gasteiger partial charge in [-0.1, -0.05) is 13.0 Å². The normalized spacial score (nSPS) is 13.0. The fourth-order valence-corrected chi connectivity index (χ4v) is 2.78. The van der Waals surface area contributed by atoms with Crippen molar-refractivity contribution in [2.45, 2.75) is 18.7 Å². The maximum Gasteiger partial charge on any atom is 0.307 e. The van der Waals surface area contributed by atoms with Gasteiger partial charge in [-0.15, -0.1) is 0 Å². The molecule has 1 rings (SSSR count). The molecule has 1 unspecified atom stereocenters. The predicted octanol–water partition coefficient (Wildman–Crippen LogP) is 1.00. The van der Waals surface area contributed by atoms with Crippen LogP contribution in [0.4, 0.5) is 0 Å². The third kappa shape index (κ3) is 3.93. The van der Waals surface area contributed by atoms with Gasteiger partial charge in [0, 0.05) is 6.54 Å². The monoisotopic (exact) mass is 287 g/mol. The summed E-state index contributed by atoms with van der Waals surface area (Å²) in [7, 11) is -2.41. The molecule has 6 nitrogen and oxygen atoms in total. The van der Waals surface area contributed by atoms with Crippen LogP contribution in [-0.4, -0.2) is 33.1 Å². The highest BCUT2D eigenvalue weighted by Crippen LogP contribution is 2.24. The Morgan fingerprint density at radius 3 is 2.63 bits per heavy atom. The number of ether oxygens (including phenoxy) is 1. The zero-order valence-corrected chi connectivity index (χ0v) is 11.8. The first-order valence-corrected chi connectivity index (χ1v) is 7.13. The van der Waals surface area contributed by atoms with Crippen molar-refractivity contribution in [1.82, 2.24) is 4.72 Å². The van der Waals surface area contributed by atoms with E-state index in [4.69, 9.17) is 9.84 Å². The number of hydrogen-bond acceptors (Lipinski definition) is 4. The quantitative estimate of drug-likeness (QED) is 0.814. The van der Waals surface area contributed by atoms with E-state index in [1.807, 2.05) is 0 Å². The average molecular weight is 287 g/mol. The number of rotatable bonds is 6. The molecule has 19 heavy (non-hydrogen) atoms. The molecule has 2 N–H and O–H groups in total. The Morgan fingerprint density at radius 1 is 1.47 bits per heavy atom. The van der Waals surface area contributed by atoms with Gasteiger partial charge in [-0.3, -0.25) is 4.79 Å². The summed E-state index contributed by atoms with van der Waals surface area (Å²) in [5.41, 5.74) is 0.771. The van der Waals surface area contributed by atoms with Crippen LogP contribution in [0.25, 0.3) is 0 Å². The second-order valence-electron chi connectivity index (χ2n) is 4.25. The van der Waals surface area contributed by atoms with Crippen molar-refractivity contribution in [3.8, 4) is 5.75 Å². The van der Waals surface area contributed by atoms with Gasteiger partial charge >= 0.3 is 5.97 Å². The van der Waals surface area contributed by atoms with Crippen LogP contribution in [0, 0.1) is 12.8 Å². The molecule has 0 radical (unpaired) electrons. The number of carboxylic acid groups (broad SMARTS) is 1. The summed E-state index contributed by atoms with van der Waals surface area (Å²) in [6, 6.07) is 4.77. The van der Waals surface area contributed by atoms with Crippen molar-refractivity contribution in [2.75, 3.05) is 13.7 Å². The smallest absolute Gasteiger partial charge is 0.307 e. The van der Waals surface area contributed by atoms with Crippen LogP contribution in [0.3, 0.4) is 0 Å². The summed E-state index contributed by atoms with van der Waals surface area (Å²) in [6.07, 6.45) is 0. The number of carboxylic acids is 1. The Labute approximate surface area is 112 Å². The standard InChI is InChI=1S/C12H17NO5S/c1-8-4-5-10(18-3)11(6-8)19(16,17)13-7-9(2)12(14)15/h4-6,9,13H,7H2,1-3H3,(H,14,15). The highest BCUT2D eigenvalue weighted by atomic mass is 32.2. The molecule has 0 amide bonds. The molecule has 0 aliphatic rings. The molecule has 106 valence electrons. The first-order valence-electron chi connectivity index (χ1n) is 5.65. The minimum absolute atomic E-state index is 0.00703. The summed E-state index contributed by atoms with van der Waals surface area (Å²) >= 11 is 0. The Kier molecular flexibility index (Phi) is 4.90.